The molecular weight excluding hydrogens is 624 g/mol. The van der Waals surface area contributed by atoms with Crippen LogP contribution in [0.3, 0.4) is 0 Å². The van der Waals surface area contributed by atoms with Crippen molar-refractivity contribution in [2.75, 3.05) is 67.3 Å². The molecule has 0 unspecified atom stereocenters. The highest BCUT2D eigenvalue weighted by molar-refractivity contribution is 5.86. The maximum Gasteiger partial charge on any atom is 0.344 e. The number of phenols is 1. The smallest absolute Gasteiger partial charge is 0.344 e. The lowest BCUT2D eigenvalue weighted by molar-refractivity contribution is -0.145. The number of carbonyl (C=O) groups is 2. The van der Waals surface area contributed by atoms with Gasteiger partial charge >= 0.3 is 5.97 Å². The van der Waals surface area contributed by atoms with Crippen molar-refractivity contribution in [3.63, 3.8) is 0 Å². The Kier molecular flexibility index (Phi) is 10.9. The number of esters is 1. The van der Waals surface area contributed by atoms with Crippen molar-refractivity contribution < 1.29 is 47.5 Å². The van der Waals surface area contributed by atoms with Crippen molar-refractivity contribution >= 4 is 22.8 Å². The molecule has 0 saturated carbocycles. The molecule has 0 radical (unpaired) electrons. The zero-order valence-corrected chi connectivity index (χ0v) is 27.3. The molecule has 1 fully saturated rings. The Morgan fingerprint density at radius 3 is 2.23 bits per heavy atom. The van der Waals surface area contributed by atoms with E-state index in [1.165, 1.54) is 25.3 Å². The van der Waals surface area contributed by atoms with Gasteiger partial charge in [0.15, 0.2) is 41.6 Å². The van der Waals surface area contributed by atoms with Crippen LogP contribution in [0.5, 0.6) is 34.5 Å². The molecule has 1 aliphatic heterocycles. The Labute approximate surface area is 277 Å². The molecule has 3 aromatic carbocycles. The molecule has 0 aliphatic carbocycles. The molecule has 13 heteroatoms. The van der Waals surface area contributed by atoms with E-state index in [0.717, 1.165) is 5.56 Å². The highest BCUT2D eigenvalue weighted by Gasteiger charge is 2.23. The van der Waals surface area contributed by atoms with E-state index in [9.17, 15) is 19.5 Å². The number of carbonyl (C=O) groups excluding carboxylic acids is 2. The maximum absolute atomic E-state index is 13.0. The van der Waals surface area contributed by atoms with Gasteiger partial charge < -0.3 is 42.8 Å². The molecule has 0 atom stereocenters. The minimum absolute atomic E-state index is 0.0321. The van der Waals surface area contributed by atoms with Gasteiger partial charge in [-0.3, -0.25) is 14.5 Å². The quantitative estimate of drug-likeness (QED) is 0.208. The molecule has 0 bridgehead atoms. The number of fused-ring (bicyclic) bond motifs is 1. The minimum Gasteiger partial charge on any atom is -0.507 e. The van der Waals surface area contributed by atoms with Crippen molar-refractivity contribution in [3.05, 3.63) is 70.4 Å². The second-order valence-corrected chi connectivity index (χ2v) is 10.9. The summed E-state index contributed by atoms with van der Waals surface area (Å²) in [6.45, 7) is 4.46. The first-order valence-corrected chi connectivity index (χ1v) is 15.3. The van der Waals surface area contributed by atoms with E-state index in [0.29, 0.717) is 55.5 Å². The normalized spacial score (nSPS) is 13.2. The molecule has 1 N–H and O–H groups in total. The van der Waals surface area contributed by atoms with Gasteiger partial charge in [0.05, 0.1) is 27.9 Å². The van der Waals surface area contributed by atoms with Crippen molar-refractivity contribution in [1.29, 1.82) is 0 Å². The van der Waals surface area contributed by atoms with Crippen molar-refractivity contribution in [2.45, 2.75) is 13.5 Å². The molecular formula is C35H38N2O11. The predicted molar refractivity (Wildman–Crippen MR) is 175 cm³/mol. The van der Waals surface area contributed by atoms with Crippen molar-refractivity contribution in [2.24, 2.45) is 0 Å². The summed E-state index contributed by atoms with van der Waals surface area (Å²) >= 11 is 0. The van der Waals surface area contributed by atoms with Crippen LogP contribution in [0, 0.1) is 0 Å². The second kappa shape index (κ2) is 15.4. The van der Waals surface area contributed by atoms with Gasteiger partial charge in [0.2, 0.25) is 0 Å². The van der Waals surface area contributed by atoms with Crippen LogP contribution in [0.15, 0.2) is 63.8 Å². The molecule has 1 aromatic heterocycles. The number of methoxy groups -OCH3 is 3. The lowest BCUT2D eigenvalue weighted by Crippen LogP contribution is -2.49. The Bertz CT molecular complexity index is 1830. The van der Waals surface area contributed by atoms with Crippen LogP contribution in [0.2, 0.25) is 0 Å². The number of hydrogen-bond acceptors (Lipinski definition) is 12. The lowest BCUT2D eigenvalue weighted by Gasteiger charge is -2.34. The molecule has 254 valence electrons. The second-order valence-electron chi connectivity index (χ2n) is 10.9. The van der Waals surface area contributed by atoms with E-state index in [1.54, 1.807) is 44.2 Å². The number of benzene rings is 3. The zero-order valence-electron chi connectivity index (χ0n) is 27.3. The van der Waals surface area contributed by atoms with E-state index in [1.807, 2.05) is 18.2 Å². The summed E-state index contributed by atoms with van der Waals surface area (Å²) in [6, 6.07) is 14.6. The van der Waals surface area contributed by atoms with Gasteiger partial charge in [-0.25, -0.2) is 4.79 Å². The van der Waals surface area contributed by atoms with Gasteiger partial charge in [0, 0.05) is 56.5 Å². The maximum atomic E-state index is 13.0. The first kappa shape index (κ1) is 33.9. The third-order valence-corrected chi connectivity index (χ3v) is 7.82. The summed E-state index contributed by atoms with van der Waals surface area (Å²) in [7, 11) is 4.66. The largest absolute Gasteiger partial charge is 0.507 e. The van der Waals surface area contributed by atoms with E-state index < -0.39 is 11.4 Å². The third-order valence-electron chi connectivity index (χ3n) is 7.82. The summed E-state index contributed by atoms with van der Waals surface area (Å²) in [5.41, 5.74) is 1.12. The molecule has 0 spiro atoms. The number of hydrogen-bond donors (Lipinski definition) is 1. The monoisotopic (exact) mass is 662 g/mol. The molecule has 2 heterocycles. The summed E-state index contributed by atoms with van der Waals surface area (Å²) < 4.78 is 38.3. The van der Waals surface area contributed by atoms with Gasteiger partial charge in [-0.1, -0.05) is 6.07 Å². The molecule has 5 rings (SSSR count). The summed E-state index contributed by atoms with van der Waals surface area (Å²) in [5, 5.41) is 10.6. The fraction of sp³-hybridized carbons (Fsp3) is 0.343. The molecule has 13 nitrogen and oxygen atoms in total. The minimum atomic E-state index is -0.544. The van der Waals surface area contributed by atoms with E-state index in [4.69, 9.17) is 32.8 Å². The zero-order chi connectivity index (χ0) is 34.2. The number of piperazine rings is 1. The van der Waals surface area contributed by atoms with E-state index in [-0.39, 0.29) is 59.7 Å². The van der Waals surface area contributed by atoms with E-state index >= 15 is 0 Å². The van der Waals surface area contributed by atoms with Gasteiger partial charge in [0.25, 0.3) is 5.91 Å². The fourth-order valence-corrected chi connectivity index (χ4v) is 5.38. The van der Waals surface area contributed by atoms with Gasteiger partial charge in [0.1, 0.15) is 28.2 Å². The highest BCUT2D eigenvalue weighted by atomic mass is 16.6. The number of rotatable bonds is 13. The first-order valence-electron chi connectivity index (χ1n) is 15.3. The average Bonchev–Trinajstić information content (AvgIpc) is 3.09. The Morgan fingerprint density at radius 1 is 0.812 bits per heavy atom. The van der Waals surface area contributed by atoms with Crippen LogP contribution in [0.4, 0.5) is 0 Å². The molecule has 1 amide bonds. The number of amides is 1. The van der Waals surface area contributed by atoms with Crippen LogP contribution in [-0.4, -0.2) is 94.1 Å². The first-order chi connectivity index (χ1) is 23.2. The summed E-state index contributed by atoms with van der Waals surface area (Å²) in [4.78, 5) is 41.8. The van der Waals surface area contributed by atoms with Gasteiger partial charge in [-0.15, -0.1) is 0 Å². The number of phenolic OH excluding ortho intramolecular Hbond substituents is 1. The van der Waals surface area contributed by atoms with Crippen molar-refractivity contribution in [3.8, 4) is 45.8 Å². The number of ether oxygens (including phenoxy) is 6. The SMILES string of the molecule is CCOC(=O)COc1cc(-c2cc(=O)c3c(O)cc(OCC(=O)N4CCN(Cc5ccc(OC)c(OC)c5)CC4)cc3o2)ccc1OC. The summed E-state index contributed by atoms with van der Waals surface area (Å²) in [5.74, 6) is 1.19. The van der Waals surface area contributed by atoms with E-state index in [2.05, 4.69) is 4.90 Å². The van der Waals surface area contributed by atoms with Gasteiger partial charge in [-0.2, -0.15) is 0 Å². The van der Waals surface area contributed by atoms with Crippen LogP contribution in [0.25, 0.3) is 22.3 Å². The predicted octanol–water partition coefficient (Wildman–Crippen LogP) is 3.86. The molecule has 1 saturated heterocycles. The molecule has 1 aliphatic rings. The van der Waals surface area contributed by atoms with Crippen LogP contribution in [0.1, 0.15) is 12.5 Å². The Morgan fingerprint density at radius 2 is 1.52 bits per heavy atom. The molecule has 48 heavy (non-hydrogen) atoms. The topological polar surface area (TPSA) is 146 Å². The Balaban J connectivity index is 1.24. The number of aromatic hydroxyl groups is 1. The molecule has 4 aromatic rings. The average molecular weight is 663 g/mol. The highest BCUT2D eigenvalue weighted by Crippen LogP contribution is 2.35. The van der Waals surface area contributed by atoms with Crippen LogP contribution in [-0.2, 0) is 20.9 Å². The summed E-state index contributed by atoms with van der Waals surface area (Å²) in [6.07, 6.45) is 0. The number of nitrogens with zero attached hydrogens (tertiary/aromatic N) is 2. The van der Waals surface area contributed by atoms with Crippen LogP contribution >= 0.6 is 0 Å². The lowest BCUT2D eigenvalue weighted by atomic mass is 10.1. The van der Waals surface area contributed by atoms with Crippen molar-refractivity contribution in [1.82, 2.24) is 9.80 Å². The third kappa shape index (κ3) is 7.92. The standard InChI is InChI=1S/C35H38N2O11/c1-5-45-34(41)21-47-31-15-23(7-9-28(31)43-3)29-18-26(39)35-25(38)16-24(17-32(35)48-29)46-20-33(40)37-12-10-36(11-13-37)19-22-6-8-27(42-2)30(14-22)44-4/h6-9,14-18,38H,5,10-13,19-21H2,1-4H3. The Hall–Kier alpha value is -5.43. The fourth-order valence-electron chi connectivity index (χ4n) is 5.38. The van der Waals surface area contributed by atoms with Gasteiger partial charge in [-0.05, 0) is 42.8 Å². The van der Waals surface area contributed by atoms with Crippen LogP contribution < -0.4 is 29.1 Å².